The summed E-state index contributed by atoms with van der Waals surface area (Å²) in [5.41, 5.74) is 0.760. The standard InChI is InChI=1S/C17H18FNO3S2/c1-24(21,22)16-9-5-3-7-14(16)17(20)19-10-11-23-12-13-6-2-4-8-15(13)18/h2-9H,10-12H2,1H3,(H,19,20). The number of hydrogen-bond acceptors (Lipinski definition) is 4. The van der Waals surface area contributed by atoms with Gasteiger partial charge in [-0.3, -0.25) is 4.79 Å². The Labute approximate surface area is 145 Å². The molecule has 4 nitrogen and oxygen atoms in total. The van der Waals surface area contributed by atoms with E-state index in [0.717, 1.165) is 6.26 Å². The van der Waals surface area contributed by atoms with E-state index in [0.29, 0.717) is 23.6 Å². The van der Waals surface area contributed by atoms with Gasteiger partial charge in [0.2, 0.25) is 0 Å². The summed E-state index contributed by atoms with van der Waals surface area (Å²) in [4.78, 5) is 12.2. The summed E-state index contributed by atoms with van der Waals surface area (Å²) >= 11 is 1.49. The fourth-order valence-corrected chi connectivity index (χ4v) is 3.84. The van der Waals surface area contributed by atoms with Crippen LogP contribution in [-0.4, -0.2) is 32.9 Å². The van der Waals surface area contributed by atoms with Crippen LogP contribution in [0.15, 0.2) is 53.4 Å². The number of hydrogen-bond donors (Lipinski definition) is 1. The first-order valence-electron chi connectivity index (χ1n) is 7.28. The normalized spacial score (nSPS) is 11.2. The zero-order chi connectivity index (χ0) is 17.6. The van der Waals surface area contributed by atoms with Crippen LogP contribution in [0.4, 0.5) is 4.39 Å². The Bertz CT molecular complexity index is 822. The van der Waals surface area contributed by atoms with E-state index in [4.69, 9.17) is 0 Å². The van der Waals surface area contributed by atoms with Crippen molar-refractivity contribution < 1.29 is 17.6 Å². The smallest absolute Gasteiger partial charge is 0.252 e. The average Bonchev–Trinajstić information content (AvgIpc) is 2.55. The maximum absolute atomic E-state index is 13.5. The fourth-order valence-electron chi connectivity index (χ4n) is 2.11. The Hall–Kier alpha value is -1.86. The second kappa shape index (κ2) is 8.30. The van der Waals surface area contributed by atoms with Crippen LogP contribution in [0, 0.1) is 5.82 Å². The molecule has 0 saturated heterocycles. The topological polar surface area (TPSA) is 63.2 Å². The lowest BCUT2D eigenvalue weighted by Gasteiger charge is -2.09. The molecule has 0 aliphatic heterocycles. The number of thioether (sulfide) groups is 1. The third-order valence-corrected chi connectivity index (χ3v) is 5.44. The van der Waals surface area contributed by atoms with Crippen LogP contribution in [0.3, 0.4) is 0 Å². The molecule has 2 rings (SSSR count). The number of rotatable bonds is 7. The van der Waals surface area contributed by atoms with Gasteiger partial charge in [0, 0.05) is 24.3 Å². The van der Waals surface area contributed by atoms with Gasteiger partial charge >= 0.3 is 0 Å². The highest BCUT2D eigenvalue weighted by Crippen LogP contribution is 2.16. The van der Waals surface area contributed by atoms with Gasteiger partial charge in [0.25, 0.3) is 5.91 Å². The predicted molar refractivity (Wildman–Crippen MR) is 94.4 cm³/mol. The van der Waals surface area contributed by atoms with E-state index in [9.17, 15) is 17.6 Å². The number of nitrogens with one attached hydrogen (secondary N) is 1. The molecule has 0 radical (unpaired) electrons. The van der Waals surface area contributed by atoms with Crippen LogP contribution >= 0.6 is 11.8 Å². The van der Waals surface area contributed by atoms with Crippen LogP contribution in [0.5, 0.6) is 0 Å². The van der Waals surface area contributed by atoms with Gasteiger partial charge < -0.3 is 5.32 Å². The van der Waals surface area contributed by atoms with Crippen LogP contribution in [0.1, 0.15) is 15.9 Å². The van der Waals surface area contributed by atoms with Crippen LogP contribution in [0.25, 0.3) is 0 Å². The van der Waals surface area contributed by atoms with Gasteiger partial charge in [0.05, 0.1) is 10.5 Å². The SMILES string of the molecule is CS(=O)(=O)c1ccccc1C(=O)NCCSCc1ccccc1F. The first-order chi connectivity index (χ1) is 11.4. The lowest BCUT2D eigenvalue weighted by molar-refractivity contribution is 0.0953. The van der Waals surface area contributed by atoms with Gasteiger partial charge in [0.15, 0.2) is 9.84 Å². The van der Waals surface area contributed by atoms with Crippen molar-refractivity contribution >= 4 is 27.5 Å². The molecule has 0 heterocycles. The third-order valence-electron chi connectivity index (χ3n) is 3.28. The van der Waals surface area contributed by atoms with Gasteiger partial charge in [-0.05, 0) is 23.8 Å². The highest BCUT2D eigenvalue weighted by Gasteiger charge is 2.17. The Balaban J connectivity index is 1.85. The van der Waals surface area contributed by atoms with Crippen molar-refractivity contribution in [2.45, 2.75) is 10.6 Å². The molecule has 1 N–H and O–H groups in total. The molecular weight excluding hydrogens is 349 g/mol. The Morgan fingerprint density at radius 2 is 1.79 bits per heavy atom. The second-order valence-corrected chi connectivity index (χ2v) is 8.26. The molecule has 24 heavy (non-hydrogen) atoms. The van der Waals surface area contributed by atoms with Crippen molar-refractivity contribution in [1.82, 2.24) is 5.32 Å². The van der Waals surface area contributed by atoms with Gasteiger partial charge in [-0.1, -0.05) is 30.3 Å². The van der Waals surface area contributed by atoms with Crippen LogP contribution in [0.2, 0.25) is 0 Å². The summed E-state index contributed by atoms with van der Waals surface area (Å²) in [5, 5.41) is 2.69. The van der Waals surface area contributed by atoms with E-state index in [1.165, 1.54) is 30.0 Å². The third kappa shape index (κ3) is 5.07. The first kappa shape index (κ1) is 18.5. The quantitative estimate of drug-likeness (QED) is 0.765. The van der Waals surface area contributed by atoms with E-state index in [1.54, 1.807) is 30.3 Å². The monoisotopic (exact) mass is 367 g/mol. The summed E-state index contributed by atoms with van der Waals surface area (Å²) in [6, 6.07) is 12.7. The lowest BCUT2D eigenvalue weighted by atomic mass is 10.2. The van der Waals surface area contributed by atoms with Crippen molar-refractivity contribution in [1.29, 1.82) is 0 Å². The van der Waals surface area contributed by atoms with E-state index >= 15 is 0 Å². The molecule has 128 valence electrons. The lowest BCUT2D eigenvalue weighted by Crippen LogP contribution is -2.27. The molecule has 0 aromatic heterocycles. The van der Waals surface area contributed by atoms with Gasteiger partial charge in [-0.25, -0.2) is 12.8 Å². The van der Waals surface area contributed by atoms with Gasteiger partial charge in [0.1, 0.15) is 5.82 Å². The molecule has 0 fully saturated rings. The molecular formula is C17H18FNO3S2. The van der Waals surface area contributed by atoms with Crippen molar-refractivity contribution in [3.05, 3.63) is 65.5 Å². The Morgan fingerprint density at radius 1 is 1.12 bits per heavy atom. The molecule has 0 atom stereocenters. The number of carbonyl (C=O) groups excluding carboxylic acids is 1. The first-order valence-corrected chi connectivity index (χ1v) is 10.3. The Kier molecular flexibility index (Phi) is 6.39. The van der Waals surface area contributed by atoms with Gasteiger partial charge in [-0.15, -0.1) is 0 Å². The minimum Gasteiger partial charge on any atom is -0.351 e. The van der Waals surface area contributed by atoms with E-state index in [2.05, 4.69) is 5.32 Å². The zero-order valence-electron chi connectivity index (χ0n) is 13.2. The average molecular weight is 367 g/mol. The molecule has 0 bridgehead atoms. The van der Waals surface area contributed by atoms with Crippen molar-refractivity contribution in [3.8, 4) is 0 Å². The van der Waals surface area contributed by atoms with Crippen LogP contribution < -0.4 is 5.32 Å². The van der Waals surface area contributed by atoms with E-state index in [1.807, 2.05) is 0 Å². The molecule has 0 saturated carbocycles. The van der Waals surface area contributed by atoms with Crippen molar-refractivity contribution in [3.63, 3.8) is 0 Å². The molecule has 2 aromatic carbocycles. The minimum absolute atomic E-state index is 0.0153. The molecule has 0 spiro atoms. The molecule has 0 aliphatic rings. The number of halogens is 1. The molecule has 2 aromatic rings. The minimum atomic E-state index is -3.46. The maximum Gasteiger partial charge on any atom is 0.252 e. The molecule has 0 aliphatic carbocycles. The van der Waals surface area contributed by atoms with Crippen molar-refractivity contribution in [2.75, 3.05) is 18.6 Å². The van der Waals surface area contributed by atoms with Gasteiger partial charge in [-0.2, -0.15) is 11.8 Å². The summed E-state index contributed by atoms with van der Waals surface area (Å²) in [6.45, 7) is 0.371. The summed E-state index contributed by atoms with van der Waals surface area (Å²) in [5.74, 6) is 0.447. The predicted octanol–water partition coefficient (Wildman–Crippen LogP) is 2.89. The summed E-state index contributed by atoms with van der Waals surface area (Å²) in [6.07, 6.45) is 1.07. The molecule has 1 amide bonds. The van der Waals surface area contributed by atoms with Crippen LogP contribution in [-0.2, 0) is 15.6 Å². The Morgan fingerprint density at radius 3 is 2.50 bits per heavy atom. The molecule has 0 unspecified atom stereocenters. The number of carbonyl (C=O) groups is 1. The second-order valence-electron chi connectivity index (χ2n) is 5.17. The highest BCUT2D eigenvalue weighted by atomic mass is 32.2. The zero-order valence-corrected chi connectivity index (χ0v) is 14.8. The van der Waals surface area contributed by atoms with Crippen molar-refractivity contribution in [2.24, 2.45) is 0 Å². The fraction of sp³-hybridized carbons (Fsp3) is 0.235. The number of amides is 1. The van der Waals surface area contributed by atoms with E-state index < -0.39 is 15.7 Å². The largest absolute Gasteiger partial charge is 0.351 e. The maximum atomic E-state index is 13.5. The van der Waals surface area contributed by atoms with E-state index in [-0.39, 0.29) is 16.3 Å². The molecule has 7 heteroatoms. The number of sulfone groups is 1. The number of benzene rings is 2. The summed E-state index contributed by atoms with van der Waals surface area (Å²) in [7, 11) is -3.46. The highest BCUT2D eigenvalue weighted by molar-refractivity contribution is 7.98. The summed E-state index contributed by atoms with van der Waals surface area (Å²) < 4.78 is 36.9.